The van der Waals surface area contributed by atoms with E-state index in [0.29, 0.717) is 5.92 Å². The molecule has 4 aromatic carbocycles. The molecule has 2 heteroatoms. The van der Waals surface area contributed by atoms with Gasteiger partial charge in [-0.3, -0.25) is 5.32 Å². The van der Waals surface area contributed by atoms with Gasteiger partial charge in [0.15, 0.2) is 6.23 Å². The predicted octanol–water partition coefficient (Wildman–Crippen LogP) is 6.12. The normalized spacial score (nSPS) is 20.8. The van der Waals surface area contributed by atoms with Crippen LogP contribution in [0.25, 0.3) is 10.8 Å². The van der Waals surface area contributed by atoms with Gasteiger partial charge in [0, 0.05) is 23.9 Å². The fourth-order valence-corrected chi connectivity index (χ4v) is 4.55. The SMILES string of the molecule is C[C@@H]1[C@@H](c2ccccc2)c2c(ccc3ccccc23)O[C@H]1NCc1ccccc1. The Balaban J connectivity index is 1.57. The number of benzene rings is 4. The molecular weight excluding hydrogens is 354 g/mol. The lowest BCUT2D eigenvalue weighted by atomic mass is 9.76. The van der Waals surface area contributed by atoms with Gasteiger partial charge in [-0.25, -0.2) is 0 Å². The Morgan fingerprint density at radius 1 is 0.759 bits per heavy atom. The third kappa shape index (κ3) is 3.41. The predicted molar refractivity (Wildman–Crippen MR) is 119 cm³/mol. The maximum atomic E-state index is 6.51. The molecule has 0 amide bonds. The van der Waals surface area contributed by atoms with Gasteiger partial charge in [-0.1, -0.05) is 97.9 Å². The Kier molecular flexibility index (Phi) is 4.79. The first-order chi connectivity index (χ1) is 14.3. The van der Waals surface area contributed by atoms with Crippen LogP contribution in [0.1, 0.15) is 29.5 Å². The molecule has 0 saturated carbocycles. The van der Waals surface area contributed by atoms with E-state index in [0.717, 1.165) is 12.3 Å². The van der Waals surface area contributed by atoms with E-state index in [4.69, 9.17) is 4.74 Å². The Labute approximate surface area is 172 Å². The minimum atomic E-state index is -0.0472. The van der Waals surface area contributed by atoms with E-state index >= 15 is 0 Å². The molecular formula is C27H25NO. The summed E-state index contributed by atoms with van der Waals surface area (Å²) in [6.07, 6.45) is -0.0472. The zero-order valence-corrected chi connectivity index (χ0v) is 16.6. The lowest BCUT2D eigenvalue weighted by molar-refractivity contribution is 0.0786. The molecule has 0 spiro atoms. The van der Waals surface area contributed by atoms with Gasteiger partial charge in [0.2, 0.25) is 0 Å². The van der Waals surface area contributed by atoms with Gasteiger partial charge in [-0.2, -0.15) is 0 Å². The third-order valence-electron chi connectivity index (χ3n) is 6.01. The molecule has 1 heterocycles. The number of hydrogen-bond donors (Lipinski definition) is 1. The molecule has 4 aromatic rings. The fraction of sp³-hybridized carbons (Fsp3) is 0.185. The summed E-state index contributed by atoms with van der Waals surface area (Å²) in [5.74, 6) is 1.56. The first kappa shape index (κ1) is 18.0. The van der Waals surface area contributed by atoms with E-state index in [2.05, 4.69) is 109 Å². The van der Waals surface area contributed by atoms with Crippen LogP contribution in [-0.4, -0.2) is 6.23 Å². The second-order valence-corrected chi connectivity index (χ2v) is 7.85. The summed E-state index contributed by atoms with van der Waals surface area (Å²) < 4.78 is 6.51. The Bertz CT molecular complexity index is 1110. The van der Waals surface area contributed by atoms with E-state index in [1.165, 1.54) is 27.5 Å². The number of ether oxygens (including phenoxy) is 1. The zero-order chi connectivity index (χ0) is 19.6. The van der Waals surface area contributed by atoms with E-state index in [-0.39, 0.29) is 12.1 Å². The fourth-order valence-electron chi connectivity index (χ4n) is 4.55. The summed E-state index contributed by atoms with van der Waals surface area (Å²) >= 11 is 0. The van der Waals surface area contributed by atoms with Crippen LogP contribution in [0, 0.1) is 5.92 Å². The van der Waals surface area contributed by atoms with Crippen molar-refractivity contribution in [1.29, 1.82) is 0 Å². The van der Waals surface area contributed by atoms with Crippen LogP contribution < -0.4 is 10.1 Å². The van der Waals surface area contributed by atoms with Crippen molar-refractivity contribution >= 4 is 10.8 Å². The quantitative estimate of drug-likeness (QED) is 0.461. The second kappa shape index (κ2) is 7.73. The van der Waals surface area contributed by atoms with Crippen LogP contribution >= 0.6 is 0 Å². The number of fused-ring (bicyclic) bond motifs is 3. The highest BCUT2D eigenvalue weighted by Gasteiger charge is 2.37. The van der Waals surface area contributed by atoms with Crippen molar-refractivity contribution in [2.75, 3.05) is 0 Å². The second-order valence-electron chi connectivity index (χ2n) is 7.85. The minimum Gasteiger partial charge on any atom is -0.475 e. The van der Waals surface area contributed by atoms with Gasteiger partial charge in [0.05, 0.1) is 0 Å². The van der Waals surface area contributed by atoms with Gasteiger partial charge in [-0.15, -0.1) is 0 Å². The monoisotopic (exact) mass is 379 g/mol. The van der Waals surface area contributed by atoms with E-state index in [1.807, 2.05) is 0 Å². The summed E-state index contributed by atoms with van der Waals surface area (Å²) in [5.41, 5.74) is 3.91. The number of nitrogens with one attached hydrogen (secondary N) is 1. The Hall–Kier alpha value is -3.10. The molecule has 1 N–H and O–H groups in total. The number of hydrogen-bond acceptors (Lipinski definition) is 2. The molecule has 0 radical (unpaired) electrons. The summed E-state index contributed by atoms with van der Waals surface area (Å²) in [7, 11) is 0. The van der Waals surface area contributed by atoms with Gasteiger partial charge in [0.25, 0.3) is 0 Å². The maximum absolute atomic E-state index is 6.51. The summed E-state index contributed by atoms with van der Waals surface area (Å²) in [6, 6.07) is 34.3. The molecule has 0 aliphatic carbocycles. The highest BCUT2D eigenvalue weighted by Crippen LogP contribution is 2.46. The van der Waals surface area contributed by atoms with Gasteiger partial charge in [-0.05, 0) is 28.0 Å². The van der Waals surface area contributed by atoms with Crippen molar-refractivity contribution < 1.29 is 4.74 Å². The molecule has 144 valence electrons. The van der Waals surface area contributed by atoms with Crippen molar-refractivity contribution in [1.82, 2.24) is 5.32 Å². The van der Waals surface area contributed by atoms with E-state index in [9.17, 15) is 0 Å². The van der Waals surface area contributed by atoms with Gasteiger partial charge in [0.1, 0.15) is 5.75 Å². The van der Waals surface area contributed by atoms with Crippen molar-refractivity contribution in [3.8, 4) is 5.75 Å². The molecule has 1 aliphatic heterocycles. The van der Waals surface area contributed by atoms with Crippen LogP contribution in [-0.2, 0) is 6.54 Å². The lowest BCUT2D eigenvalue weighted by Crippen LogP contribution is -2.45. The molecule has 0 unspecified atom stereocenters. The first-order valence-corrected chi connectivity index (χ1v) is 10.3. The largest absolute Gasteiger partial charge is 0.475 e. The van der Waals surface area contributed by atoms with Crippen molar-refractivity contribution in [3.63, 3.8) is 0 Å². The summed E-state index contributed by atoms with van der Waals surface area (Å²) in [5, 5.41) is 6.20. The third-order valence-corrected chi connectivity index (χ3v) is 6.01. The summed E-state index contributed by atoms with van der Waals surface area (Å²) in [4.78, 5) is 0. The van der Waals surface area contributed by atoms with Crippen LogP contribution in [0.4, 0.5) is 0 Å². The average Bonchev–Trinajstić information content (AvgIpc) is 2.79. The highest BCUT2D eigenvalue weighted by atomic mass is 16.5. The summed E-state index contributed by atoms with van der Waals surface area (Å²) in [6.45, 7) is 3.09. The molecule has 0 aromatic heterocycles. The Morgan fingerprint density at radius 2 is 1.45 bits per heavy atom. The maximum Gasteiger partial charge on any atom is 0.153 e. The molecule has 5 rings (SSSR count). The molecule has 3 atom stereocenters. The topological polar surface area (TPSA) is 21.3 Å². The van der Waals surface area contributed by atoms with Crippen LogP contribution in [0.15, 0.2) is 97.1 Å². The minimum absolute atomic E-state index is 0.0472. The van der Waals surface area contributed by atoms with Crippen molar-refractivity contribution in [3.05, 3.63) is 114 Å². The Morgan fingerprint density at radius 3 is 2.24 bits per heavy atom. The molecule has 0 fully saturated rings. The van der Waals surface area contributed by atoms with Crippen LogP contribution in [0.5, 0.6) is 5.75 Å². The van der Waals surface area contributed by atoms with Crippen molar-refractivity contribution in [2.24, 2.45) is 5.92 Å². The van der Waals surface area contributed by atoms with Crippen LogP contribution in [0.3, 0.4) is 0 Å². The van der Waals surface area contributed by atoms with Gasteiger partial charge < -0.3 is 4.74 Å². The molecule has 29 heavy (non-hydrogen) atoms. The van der Waals surface area contributed by atoms with Crippen molar-refractivity contribution in [2.45, 2.75) is 25.6 Å². The van der Waals surface area contributed by atoms with Gasteiger partial charge >= 0.3 is 0 Å². The van der Waals surface area contributed by atoms with E-state index < -0.39 is 0 Å². The first-order valence-electron chi connectivity index (χ1n) is 10.3. The highest BCUT2D eigenvalue weighted by molar-refractivity contribution is 5.89. The molecule has 2 nitrogen and oxygen atoms in total. The molecule has 1 aliphatic rings. The number of rotatable bonds is 4. The standard InChI is InChI=1S/C27H25NO/c1-19-25(22-13-6-3-7-14-22)26-23-15-9-8-12-21(23)16-17-24(26)29-27(19)28-18-20-10-4-2-5-11-20/h2-17,19,25,27-28H,18H2,1H3/t19-,25+,27-/m1/s1. The van der Waals surface area contributed by atoms with E-state index in [1.54, 1.807) is 0 Å². The molecule has 0 bridgehead atoms. The smallest absolute Gasteiger partial charge is 0.153 e. The average molecular weight is 380 g/mol. The van der Waals surface area contributed by atoms with Crippen LogP contribution in [0.2, 0.25) is 0 Å². The zero-order valence-electron chi connectivity index (χ0n) is 16.6. The lowest BCUT2D eigenvalue weighted by Gasteiger charge is -2.39. The molecule has 0 saturated heterocycles.